The van der Waals surface area contributed by atoms with Gasteiger partial charge in [-0.2, -0.15) is 0 Å². The molecule has 2 heteroatoms. The maximum atomic E-state index is 8.36. The van der Waals surface area contributed by atoms with E-state index in [1.54, 1.807) is 6.92 Å². The maximum absolute atomic E-state index is 8.36. The Morgan fingerprint density at radius 3 is 2.33 bits per heavy atom. The SMILES string of the molecule is C[CH]C(O)CO. The third-order valence-electron chi connectivity index (χ3n) is 0.572. The lowest BCUT2D eigenvalue weighted by molar-refractivity contribution is 0.119. The first-order valence-corrected chi connectivity index (χ1v) is 1.89. The molecule has 0 saturated heterocycles. The minimum absolute atomic E-state index is 0.170. The van der Waals surface area contributed by atoms with E-state index in [4.69, 9.17) is 10.2 Å². The molecule has 0 rings (SSSR count). The standard InChI is InChI=1S/C4H9O2/c1-2-4(6)3-5/h2,4-6H,3H2,1H3. The number of hydrogen-bond acceptors (Lipinski definition) is 2. The van der Waals surface area contributed by atoms with Crippen LogP contribution in [-0.4, -0.2) is 22.9 Å². The molecule has 0 amide bonds. The van der Waals surface area contributed by atoms with Crippen LogP contribution in [0.1, 0.15) is 6.92 Å². The smallest absolute Gasteiger partial charge is 0.0799 e. The molecular weight excluding hydrogens is 80.0 g/mol. The van der Waals surface area contributed by atoms with E-state index in [1.807, 2.05) is 0 Å². The van der Waals surface area contributed by atoms with E-state index >= 15 is 0 Å². The first-order chi connectivity index (χ1) is 2.81. The molecule has 37 valence electrons. The van der Waals surface area contributed by atoms with Crippen molar-refractivity contribution < 1.29 is 10.2 Å². The van der Waals surface area contributed by atoms with Crippen LogP contribution in [0.25, 0.3) is 0 Å². The third kappa shape index (κ3) is 2.18. The average molecular weight is 89.1 g/mol. The predicted octanol–water partition coefficient (Wildman–Crippen LogP) is -0.436. The van der Waals surface area contributed by atoms with E-state index < -0.39 is 6.10 Å². The number of aliphatic hydroxyl groups is 2. The van der Waals surface area contributed by atoms with Gasteiger partial charge in [-0.25, -0.2) is 0 Å². The van der Waals surface area contributed by atoms with Crippen LogP contribution in [0.4, 0.5) is 0 Å². The molecule has 1 unspecified atom stereocenters. The molecule has 2 nitrogen and oxygen atoms in total. The second-order valence-corrected chi connectivity index (χ2v) is 1.08. The second-order valence-electron chi connectivity index (χ2n) is 1.08. The molecule has 6 heavy (non-hydrogen) atoms. The Bertz CT molecular complexity index is 24.7. The Morgan fingerprint density at radius 1 is 1.83 bits per heavy atom. The Hall–Kier alpha value is -0.0800. The molecule has 1 atom stereocenters. The van der Waals surface area contributed by atoms with E-state index in [0.29, 0.717) is 0 Å². The Labute approximate surface area is 37.4 Å². The van der Waals surface area contributed by atoms with E-state index in [0.717, 1.165) is 0 Å². The summed E-state index contributed by atoms with van der Waals surface area (Å²) >= 11 is 0. The van der Waals surface area contributed by atoms with Gasteiger partial charge < -0.3 is 10.2 Å². The lowest BCUT2D eigenvalue weighted by Crippen LogP contribution is -2.09. The van der Waals surface area contributed by atoms with Crippen LogP contribution in [-0.2, 0) is 0 Å². The van der Waals surface area contributed by atoms with Crippen molar-refractivity contribution in [3.63, 3.8) is 0 Å². The zero-order chi connectivity index (χ0) is 4.99. The predicted molar refractivity (Wildman–Crippen MR) is 23.1 cm³/mol. The highest BCUT2D eigenvalue weighted by Gasteiger charge is 1.92. The third-order valence-corrected chi connectivity index (χ3v) is 0.572. The molecule has 0 heterocycles. The monoisotopic (exact) mass is 89.1 g/mol. The highest BCUT2D eigenvalue weighted by Crippen LogP contribution is 1.81. The summed E-state index contributed by atoms with van der Waals surface area (Å²) in [6.45, 7) is 1.53. The van der Waals surface area contributed by atoms with Gasteiger partial charge in [-0.15, -0.1) is 0 Å². The van der Waals surface area contributed by atoms with E-state index in [-0.39, 0.29) is 6.61 Å². The van der Waals surface area contributed by atoms with Gasteiger partial charge >= 0.3 is 0 Å². The zero-order valence-corrected chi connectivity index (χ0v) is 3.76. The molecule has 2 N–H and O–H groups in total. The summed E-state index contributed by atoms with van der Waals surface area (Å²) in [6, 6.07) is 0. The first-order valence-electron chi connectivity index (χ1n) is 1.89. The highest BCUT2D eigenvalue weighted by molar-refractivity contribution is 4.66. The summed E-state index contributed by atoms with van der Waals surface area (Å²) in [5, 5.41) is 16.4. The van der Waals surface area contributed by atoms with Crippen LogP contribution in [0, 0.1) is 6.42 Å². The fourth-order valence-corrected chi connectivity index (χ4v) is 0.105. The van der Waals surface area contributed by atoms with Gasteiger partial charge in [0.1, 0.15) is 0 Å². The molecule has 0 aromatic rings. The first kappa shape index (κ1) is 5.92. The Balaban J connectivity index is 2.75. The van der Waals surface area contributed by atoms with Crippen molar-refractivity contribution in [1.82, 2.24) is 0 Å². The molecule has 0 aromatic carbocycles. The molecule has 0 saturated carbocycles. The van der Waals surface area contributed by atoms with Gasteiger partial charge in [0.15, 0.2) is 0 Å². The largest absolute Gasteiger partial charge is 0.394 e. The summed E-state index contributed by atoms with van der Waals surface area (Å²) < 4.78 is 0. The van der Waals surface area contributed by atoms with Crippen molar-refractivity contribution in [3.8, 4) is 0 Å². The van der Waals surface area contributed by atoms with Crippen LogP contribution in [0.3, 0.4) is 0 Å². The van der Waals surface area contributed by atoms with Crippen molar-refractivity contribution in [3.05, 3.63) is 6.42 Å². The quantitative estimate of drug-likeness (QED) is 0.481. The molecule has 0 bridgehead atoms. The van der Waals surface area contributed by atoms with Crippen LogP contribution >= 0.6 is 0 Å². The van der Waals surface area contributed by atoms with Crippen molar-refractivity contribution >= 4 is 0 Å². The number of aliphatic hydroxyl groups excluding tert-OH is 2. The van der Waals surface area contributed by atoms with Crippen LogP contribution < -0.4 is 0 Å². The number of rotatable bonds is 2. The summed E-state index contributed by atoms with van der Waals surface area (Å²) in [6.07, 6.45) is 0.894. The fourth-order valence-electron chi connectivity index (χ4n) is 0.105. The number of hydrogen-bond donors (Lipinski definition) is 2. The zero-order valence-electron chi connectivity index (χ0n) is 3.76. The molecule has 0 aliphatic heterocycles. The van der Waals surface area contributed by atoms with E-state index in [9.17, 15) is 0 Å². The fraction of sp³-hybridized carbons (Fsp3) is 0.750. The lowest BCUT2D eigenvalue weighted by Gasteiger charge is -1.97. The van der Waals surface area contributed by atoms with Gasteiger partial charge in [0.2, 0.25) is 0 Å². The molecule has 0 aromatic heterocycles. The topological polar surface area (TPSA) is 40.5 Å². The van der Waals surface area contributed by atoms with Crippen molar-refractivity contribution in [2.75, 3.05) is 6.61 Å². The van der Waals surface area contributed by atoms with Gasteiger partial charge in [-0.1, -0.05) is 6.92 Å². The minimum Gasteiger partial charge on any atom is -0.394 e. The average Bonchev–Trinajstić information content (AvgIpc) is 1.65. The minimum atomic E-state index is -0.634. The lowest BCUT2D eigenvalue weighted by atomic mass is 10.3. The molecule has 1 radical (unpaired) electrons. The summed E-state index contributed by atoms with van der Waals surface area (Å²) in [5.41, 5.74) is 0. The van der Waals surface area contributed by atoms with Gasteiger partial charge in [-0.05, 0) is 6.42 Å². The highest BCUT2D eigenvalue weighted by atomic mass is 16.3. The van der Waals surface area contributed by atoms with Gasteiger partial charge in [-0.3, -0.25) is 0 Å². The summed E-state index contributed by atoms with van der Waals surface area (Å²) in [7, 11) is 0. The maximum Gasteiger partial charge on any atom is 0.0799 e. The normalized spacial score (nSPS) is 14.5. The van der Waals surface area contributed by atoms with E-state index in [2.05, 4.69) is 0 Å². The molecule has 0 spiro atoms. The summed E-state index contributed by atoms with van der Waals surface area (Å²) in [5.74, 6) is 0. The Kier molecular flexibility index (Phi) is 3.08. The van der Waals surface area contributed by atoms with Gasteiger partial charge in [0.25, 0.3) is 0 Å². The Morgan fingerprint density at radius 2 is 2.33 bits per heavy atom. The second kappa shape index (κ2) is 3.12. The van der Waals surface area contributed by atoms with Crippen molar-refractivity contribution in [1.29, 1.82) is 0 Å². The summed E-state index contributed by atoms with van der Waals surface area (Å²) in [4.78, 5) is 0. The molecule has 0 fully saturated rings. The van der Waals surface area contributed by atoms with Crippen LogP contribution in [0.5, 0.6) is 0 Å². The molecule has 0 aliphatic rings. The van der Waals surface area contributed by atoms with E-state index in [1.165, 1.54) is 6.42 Å². The van der Waals surface area contributed by atoms with Crippen molar-refractivity contribution in [2.45, 2.75) is 13.0 Å². The van der Waals surface area contributed by atoms with Gasteiger partial charge in [0, 0.05) is 0 Å². The van der Waals surface area contributed by atoms with Crippen molar-refractivity contribution in [2.24, 2.45) is 0 Å². The van der Waals surface area contributed by atoms with Crippen LogP contribution in [0.15, 0.2) is 0 Å². The van der Waals surface area contributed by atoms with Crippen LogP contribution in [0.2, 0.25) is 0 Å². The molecular formula is C4H9O2. The molecule has 0 aliphatic carbocycles. The van der Waals surface area contributed by atoms with Gasteiger partial charge in [0.05, 0.1) is 12.7 Å².